The first-order chi connectivity index (χ1) is 9.81. The molecule has 0 spiro atoms. The van der Waals surface area contributed by atoms with E-state index >= 15 is 0 Å². The highest BCUT2D eigenvalue weighted by molar-refractivity contribution is 7.16. The van der Waals surface area contributed by atoms with Crippen molar-refractivity contribution in [3.05, 3.63) is 59.1 Å². The minimum absolute atomic E-state index is 0.135. The predicted molar refractivity (Wildman–Crippen MR) is 84.0 cm³/mol. The maximum absolute atomic E-state index is 6.22. The highest BCUT2D eigenvalue weighted by atomic mass is 32.1. The Kier molecular flexibility index (Phi) is 2.72. The third-order valence-corrected chi connectivity index (χ3v) is 4.72. The number of nitrogens with one attached hydrogen (secondary N) is 1. The summed E-state index contributed by atoms with van der Waals surface area (Å²) < 4.78 is 1.21. The molecular formula is C16H15N3S. The van der Waals surface area contributed by atoms with Crippen LogP contribution >= 0.6 is 11.3 Å². The minimum Gasteiger partial charge on any atom is -0.378 e. The van der Waals surface area contributed by atoms with Gasteiger partial charge in [-0.1, -0.05) is 24.3 Å². The zero-order chi connectivity index (χ0) is 13.5. The van der Waals surface area contributed by atoms with E-state index in [0.717, 1.165) is 17.6 Å². The van der Waals surface area contributed by atoms with Crippen LogP contribution in [0.2, 0.25) is 0 Å². The van der Waals surface area contributed by atoms with Gasteiger partial charge in [0, 0.05) is 11.7 Å². The molecule has 0 fully saturated rings. The van der Waals surface area contributed by atoms with Crippen molar-refractivity contribution in [3.63, 3.8) is 0 Å². The normalized spacial score (nSPS) is 21.1. The first-order valence-corrected chi connectivity index (χ1v) is 7.63. The molecule has 3 N–H and O–H groups in total. The lowest BCUT2D eigenvalue weighted by Gasteiger charge is -2.15. The number of nitrogens with two attached hydrogens (primary N) is 1. The van der Waals surface area contributed by atoms with Gasteiger partial charge in [-0.3, -0.25) is 0 Å². The summed E-state index contributed by atoms with van der Waals surface area (Å²) in [5.74, 6) is 0. The lowest BCUT2D eigenvalue weighted by atomic mass is 10.1. The number of thiazole rings is 1. The number of anilines is 1. The molecule has 4 rings (SSSR count). The van der Waals surface area contributed by atoms with Crippen molar-refractivity contribution < 1.29 is 0 Å². The summed E-state index contributed by atoms with van der Waals surface area (Å²) in [4.78, 5) is 4.31. The Labute approximate surface area is 121 Å². The van der Waals surface area contributed by atoms with Crippen molar-refractivity contribution in [1.82, 2.24) is 4.98 Å². The van der Waals surface area contributed by atoms with E-state index in [1.807, 2.05) is 5.51 Å². The molecule has 2 unspecified atom stereocenters. The van der Waals surface area contributed by atoms with Gasteiger partial charge >= 0.3 is 0 Å². The van der Waals surface area contributed by atoms with E-state index in [1.165, 1.54) is 15.8 Å². The molecule has 1 aliphatic carbocycles. The van der Waals surface area contributed by atoms with Crippen LogP contribution in [0.5, 0.6) is 0 Å². The molecule has 1 heterocycles. The molecule has 20 heavy (non-hydrogen) atoms. The number of hydrogen-bond donors (Lipinski definition) is 2. The smallest absolute Gasteiger partial charge is 0.0813 e. The molecule has 1 aliphatic rings. The summed E-state index contributed by atoms with van der Waals surface area (Å²) in [6.07, 6.45) is 0.945. The van der Waals surface area contributed by atoms with Crippen LogP contribution in [0.25, 0.3) is 10.2 Å². The van der Waals surface area contributed by atoms with Crippen molar-refractivity contribution in [2.75, 3.05) is 5.32 Å². The van der Waals surface area contributed by atoms with Gasteiger partial charge in [-0.05, 0) is 35.7 Å². The van der Waals surface area contributed by atoms with Gasteiger partial charge in [0.25, 0.3) is 0 Å². The van der Waals surface area contributed by atoms with Crippen LogP contribution in [-0.4, -0.2) is 4.98 Å². The van der Waals surface area contributed by atoms with Crippen LogP contribution < -0.4 is 11.1 Å². The lowest BCUT2D eigenvalue weighted by Crippen LogP contribution is -2.09. The van der Waals surface area contributed by atoms with Gasteiger partial charge in [0.05, 0.1) is 21.8 Å². The van der Waals surface area contributed by atoms with Gasteiger partial charge in [0.2, 0.25) is 0 Å². The molecule has 0 bridgehead atoms. The maximum atomic E-state index is 6.22. The molecule has 0 radical (unpaired) electrons. The van der Waals surface area contributed by atoms with Crippen molar-refractivity contribution in [2.24, 2.45) is 5.73 Å². The quantitative estimate of drug-likeness (QED) is 0.750. The molecule has 100 valence electrons. The maximum Gasteiger partial charge on any atom is 0.0813 e. The van der Waals surface area contributed by atoms with Gasteiger partial charge in [0.15, 0.2) is 0 Å². The average molecular weight is 281 g/mol. The van der Waals surface area contributed by atoms with Crippen LogP contribution in [0.3, 0.4) is 0 Å². The third-order valence-electron chi connectivity index (χ3n) is 3.93. The monoisotopic (exact) mass is 281 g/mol. The van der Waals surface area contributed by atoms with E-state index in [2.05, 4.69) is 52.8 Å². The van der Waals surface area contributed by atoms with E-state index in [0.29, 0.717) is 6.04 Å². The van der Waals surface area contributed by atoms with Crippen LogP contribution in [0.15, 0.2) is 48.0 Å². The molecule has 0 saturated carbocycles. The van der Waals surface area contributed by atoms with Gasteiger partial charge in [-0.25, -0.2) is 4.98 Å². The molecule has 3 nitrogen and oxygen atoms in total. The number of aromatic nitrogens is 1. The molecule has 2 aromatic carbocycles. The summed E-state index contributed by atoms with van der Waals surface area (Å²) in [5.41, 5.74) is 12.9. The second kappa shape index (κ2) is 4.58. The number of hydrogen-bond acceptors (Lipinski definition) is 4. The Morgan fingerprint density at radius 3 is 2.90 bits per heavy atom. The summed E-state index contributed by atoms with van der Waals surface area (Å²) in [5, 5.41) is 3.61. The van der Waals surface area contributed by atoms with Crippen LogP contribution in [0.1, 0.15) is 29.6 Å². The molecule has 4 heteroatoms. The number of rotatable bonds is 2. The number of fused-ring (bicyclic) bond motifs is 2. The first-order valence-electron chi connectivity index (χ1n) is 6.75. The number of nitrogens with zero attached hydrogens (tertiary/aromatic N) is 1. The van der Waals surface area contributed by atoms with Crippen molar-refractivity contribution in [3.8, 4) is 0 Å². The SMILES string of the molecule is NC1CC(Nc2ccc3ncsc3c2)c2ccccc21. The first kappa shape index (κ1) is 11.9. The van der Waals surface area contributed by atoms with Crippen molar-refractivity contribution in [1.29, 1.82) is 0 Å². The summed E-state index contributed by atoms with van der Waals surface area (Å²) >= 11 is 1.67. The zero-order valence-corrected chi connectivity index (χ0v) is 11.7. The highest BCUT2D eigenvalue weighted by Crippen LogP contribution is 2.39. The molecule has 1 aromatic heterocycles. The Hall–Kier alpha value is -1.91. The Bertz CT molecular complexity index is 765. The van der Waals surface area contributed by atoms with Crippen LogP contribution in [0, 0.1) is 0 Å². The van der Waals surface area contributed by atoms with Gasteiger partial charge in [-0.2, -0.15) is 0 Å². The van der Waals surface area contributed by atoms with E-state index in [9.17, 15) is 0 Å². The zero-order valence-electron chi connectivity index (χ0n) is 10.9. The number of benzene rings is 2. The highest BCUT2D eigenvalue weighted by Gasteiger charge is 2.27. The predicted octanol–water partition coefficient (Wildman–Crippen LogP) is 3.85. The molecule has 0 aliphatic heterocycles. The topological polar surface area (TPSA) is 50.9 Å². The van der Waals surface area contributed by atoms with Crippen LogP contribution in [-0.2, 0) is 0 Å². The summed E-state index contributed by atoms with van der Waals surface area (Å²) in [6, 6.07) is 15.2. The van der Waals surface area contributed by atoms with Gasteiger partial charge in [-0.15, -0.1) is 11.3 Å². The van der Waals surface area contributed by atoms with E-state index in [1.54, 1.807) is 11.3 Å². The molecule has 3 aromatic rings. The fourth-order valence-electron chi connectivity index (χ4n) is 2.96. The summed E-state index contributed by atoms with van der Waals surface area (Å²) in [6.45, 7) is 0. The van der Waals surface area contributed by atoms with E-state index in [4.69, 9.17) is 5.73 Å². The van der Waals surface area contributed by atoms with Crippen LogP contribution in [0.4, 0.5) is 5.69 Å². The van der Waals surface area contributed by atoms with Gasteiger partial charge < -0.3 is 11.1 Å². The largest absolute Gasteiger partial charge is 0.378 e. The minimum atomic E-state index is 0.135. The van der Waals surface area contributed by atoms with Gasteiger partial charge in [0.1, 0.15) is 0 Å². The van der Waals surface area contributed by atoms with E-state index < -0.39 is 0 Å². The fraction of sp³-hybridized carbons (Fsp3) is 0.188. The van der Waals surface area contributed by atoms with Crippen molar-refractivity contribution >= 4 is 27.2 Å². The van der Waals surface area contributed by atoms with E-state index in [-0.39, 0.29) is 6.04 Å². The second-order valence-corrected chi connectivity index (χ2v) is 6.09. The third kappa shape index (κ3) is 1.88. The molecular weight excluding hydrogens is 266 g/mol. The Morgan fingerprint density at radius 2 is 2.00 bits per heavy atom. The molecule has 2 atom stereocenters. The average Bonchev–Trinajstić information content (AvgIpc) is 3.05. The molecule has 0 amide bonds. The summed E-state index contributed by atoms with van der Waals surface area (Å²) in [7, 11) is 0. The Morgan fingerprint density at radius 1 is 1.15 bits per heavy atom. The standard InChI is InChI=1S/C16H15N3S/c17-13-8-15(12-4-2-1-3-11(12)13)19-10-5-6-14-16(7-10)20-9-18-14/h1-7,9,13,15,19H,8,17H2. The lowest BCUT2D eigenvalue weighted by molar-refractivity contribution is 0.649. The Balaban J connectivity index is 1.66. The fourth-order valence-corrected chi connectivity index (χ4v) is 3.67. The van der Waals surface area contributed by atoms with Crippen molar-refractivity contribution in [2.45, 2.75) is 18.5 Å². The second-order valence-electron chi connectivity index (χ2n) is 5.20. The molecule has 0 saturated heterocycles.